The molecule has 0 saturated heterocycles. The molecule has 1 unspecified atom stereocenters. The number of nitrogens with one attached hydrogen (secondary N) is 2. The van der Waals surface area contributed by atoms with E-state index in [-0.39, 0.29) is 17.7 Å². The molecule has 0 aromatic heterocycles. The van der Waals surface area contributed by atoms with E-state index in [1.807, 2.05) is 62.4 Å². The Bertz CT molecular complexity index is 747. The fraction of sp³-hybridized carbons (Fsp3) is 0.417. The zero-order valence-electron chi connectivity index (χ0n) is 17.7. The first-order valence-electron chi connectivity index (χ1n) is 10.3. The van der Waals surface area contributed by atoms with E-state index in [0.717, 1.165) is 25.1 Å². The number of hydrogen-bond acceptors (Lipinski definition) is 3. The predicted molar refractivity (Wildman–Crippen MR) is 117 cm³/mol. The molecule has 5 nitrogen and oxygen atoms in total. The number of benzene rings is 2. The lowest BCUT2D eigenvalue weighted by Gasteiger charge is -2.20. The Kier molecular flexibility index (Phi) is 9.38. The van der Waals surface area contributed by atoms with Gasteiger partial charge in [-0.05, 0) is 37.1 Å². The summed E-state index contributed by atoms with van der Waals surface area (Å²) in [7, 11) is 2.08. The van der Waals surface area contributed by atoms with Crippen LogP contribution >= 0.6 is 0 Å². The third-order valence-electron chi connectivity index (χ3n) is 4.61. The highest BCUT2D eigenvalue weighted by Gasteiger charge is 2.22. The number of amides is 2. The molecule has 0 heterocycles. The number of rotatable bonds is 11. The molecule has 0 saturated carbocycles. The van der Waals surface area contributed by atoms with Crippen LogP contribution in [0.15, 0.2) is 60.7 Å². The normalized spacial score (nSPS) is 12.0. The van der Waals surface area contributed by atoms with Crippen molar-refractivity contribution in [2.24, 2.45) is 5.92 Å². The summed E-state index contributed by atoms with van der Waals surface area (Å²) in [6.45, 7) is 6.31. The minimum absolute atomic E-state index is 0.105. The van der Waals surface area contributed by atoms with Gasteiger partial charge in [-0.25, -0.2) is 0 Å². The highest BCUT2D eigenvalue weighted by atomic mass is 16.2. The summed E-state index contributed by atoms with van der Waals surface area (Å²) in [6, 6.07) is 19.1. The van der Waals surface area contributed by atoms with Crippen molar-refractivity contribution in [2.75, 3.05) is 20.1 Å². The standard InChI is InChI=1S/C24H33N3O2/c1-19(2)17-22(28)26-23(21-13-8-5-9-14-21)24(29)25-15-10-16-27(3)18-20-11-6-4-7-12-20/h4-9,11-14,19,23H,10,15-18H2,1-3H3,(H,25,29)(H,26,28). The van der Waals surface area contributed by atoms with Crippen molar-refractivity contribution in [3.8, 4) is 0 Å². The maximum atomic E-state index is 12.8. The number of nitrogens with zero attached hydrogens (tertiary/aromatic N) is 1. The van der Waals surface area contributed by atoms with Gasteiger partial charge >= 0.3 is 0 Å². The lowest BCUT2D eigenvalue weighted by atomic mass is 10.0. The molecule has 0 fully saturated rings. The van der Waals surface area contributed by atoms with Crippen LogP contribution in [0.1, 0.15) is 43.9 Å². The SMILES string of the molecule is CC(C)CC(=O)NC(C(=O)NCCCN(C)Cc1ccccc1)c1ccccc1. The molecular weight excluding hydrogens is 362 g/mol. The van der Waals surface area contributed by atoms with Crippen LogP contribution in [0.25, 0.3) is 0 Å². The van der Waals surface area contributed by atoms with E-state index < -0.39 is 6.04 Å². The van der Waals surface area contributed by atoms with Crippen LogP contribution < -0.4 is 10.6 Å². The van der Waals surface area contributed by atoms with Crippen molar-refractivity contribution >= 4 is 11.8 Å². The van der Waals surface area contributed by atoms with Crippen molar-refractivity contribution in [3.05, 3.63) is 71.8 Å². The van der Waals surface area contributed by atoms with Crippen molar-refractivity contribution in [1.29, 1.82) is 0 Å². The molecular formula is C24H33N3O2. The van der Waals surface area contributed by atoms with E-state index in [1.165, 1.54) is 5.56 Å². The van der Waals surface area contributed by atoms with Gasteiger partial charge in [-0.15, -0.1) is 0 Å². The monoisotopic (exact) mass is 395 g/mol. The molecule has 0 aliphatic rings. The van der Waals surface area contributed by atoms with Crippen molar-refractivity contribution in [3.63, 3.8) is 0 Å². The first-order chi connectivity index (χ1) is 14.0. The second-order valence-electron chi connectivity index (χ2n) is 7.88. The summed E-state index contributed by atoms with van der Waals surface area (Å²) in [4.78, 5) is 27.2. The summed E-state index contributed by atoms with van der Waals surface area (Å²) in [5.74, 6) is -0.0275. The Morgan fingerprint density at radius 3 is 2.21 bits per heavy atom. The molecule has 0 aliphatic heterocycles. The van der Waals surface area contributed by atoms with Crippen LogP contribution in [0.4, 0.5) is 0 Å². The second-order valence-corrected chi connectivity index (χ2v) is 7.88. The predicted octanol–water partition coefficient (Wildman–Crippen LogP) is 3.53. The maximum absolute atomic E-state index is 12.8. The van der Waals surface area contributed by atoms with Gasteiger partial charge < -0.3 is 15.5 Å². The molecule has 5 heteroatoms. The van der Waals surface area contributed by atoms with Crippen molar-refractivity contribution in [1.82, 2.24) is 15.5 Å². The Morgan fingerprint density at radius 2 is 1.59 bits per heavy atom. The van der Waals surface area contributed by atoms with E-state index in [9.17, 15) is 9.59 Å². The fourth-order valence-electron chi connectivity index (χ4n) is 3.17. The first kappa shape index (κ1) is 22.6. The third-order valence-corrected chi connectivity index (χ3v) is 4.61. The van der Waals surface area contributed by atoms with Gasteiger partial charge in [0.2, 0.25) is 11.8 Å². The van der Waals surface area contributed by atoms with E-state index >= 15 is 0 Å². The number of hydrogen-bond donors (Lipinski definition) is 2. The highest BCUT2D eigenvalue weighted by molar-refractivity contribution is 5.88. The zero-order chi connectivity index (χ0) is 21.1. The van der Waals surface area contributed by atoms with Gasteiger partial charge in [0, 0.05) is 19.5 Å². The van der Waals surface area contributed by atoms with Crippen LogP contribution in [-0.4, -0.2) is 36.9 Å². The lowest BCUT2D eigenvalue weighted by Crippen LogP contribution is -2.41. The van der Waals surface area contributed by atoms with Crippen LogP contribution in [-0.2, 0) is 16.1 Å². The summed E-state index contributed by atoms with van der Waals surface area (Å²) < 4.78 is 0. The van der Waals surface area contributed by atoms with Crippen LogP contribution in [0, 0.1) is 5.92 Å². The Morgan fingerprint density at radius 1 is 0.966 bits per heavy atom. The van der Waals surface area contributed by atoms with E-state index in [4.69, 9.17) is 0 Å². The fourth-order valence-corrected chi connectivity index (χ4v) is 3.17. The third kappa shape index (κ3) is 8.48. The van der Waals surface area contributed by atoms with Crippen molar-refractivity contribution in [2.45, 2.75) is 39.3 Å². The molecule has 2 N–H and O–H groups in total. The van der Waals surface area contributed by atoms with Gasteiger partial charge in [-0.1, -0.05) is 74.5 Å². The molecule has 29 heavy (non-hydrogen) atoms. The molecule has 0 aliphatic carbocycles. The minimum atomic E-state index is -0.663. The Balaban J connectivity index is 1.83. The topological polar surface area (TPSA) is 61.4 Å². The molecule has 2 rings (SSSR count). The second kappa shape index (κ2) is 12.0. The summed E-state index contributed by atoms with van der Waals surface area (Å²) >= 11 is 0. The molecule has 0 radical (unpaired) electrons. The smallest absolute Gasteiger partial charge is 0.247 e. The molecule has 1 atom stereocenters. The largest absolute Gasteiger partial charge is 0.354 e. The van der Waals surface area contributed by atoms with E-state index in [1.54, 1.807) is 0 Å². The molecule has 2 aromatic rings. The van der Waals surface area contributed by atoms with Gasteiger partial charge in [-0.3, -0.25) is 9.59 Å². The van der Waals surface area contributed by atoms with Gasteiger partial charge in [0.1, 0.15) is 6.04 Å². The molecule has 2 aromatic carbocycles. The quantitative estimate of drug-likeness (QED) is 0.572. The molecule has 2 amide bonds. The van der Waals surface area contributed by atoms with E-state index in [2.05, 4.69) is 34.7 Å². The zero-order valence-corrected chi connectivity index (χ0v) is 17.7. The van der Waals surface area contributed by atoms with Crippen LogP contribution in [0.3, 0.4) is 0 Å². The molecule has 0 spiro atoms. The van der Waals surface area contributed by atoms with Crippen LogP contribution in [0.5, 0.6) is 0 Å². The van der Waals surface area contributed by atoms with Gasteiger partial charge in [0.05, 0.1) is 0 Å². The first-order valence-corrected chi connectivity index (χ1v) is 10.3. The highest BCUT2D eigenvalue weighted by Crippen LogP contribution is 2.14. The minimum Gasteiger partial charge on any atom is -0.354 e. The maximum Gasteiger partial charge on any atom is 0.247 e. The number of carbonyl (C=O) groups excluding carboxylic acids is 2. The molecule has 0 bridgehead atoms. The summed E-state index contributed by atoms with van der Waals surface area (Å²) in [5, 5.41) is 5.86. The lowest BCUT2D eigenvalue weighted by molar-refractivity contribution is -0.129. The van der Waals surface area contributed by atoms with Gasteiger partial charge in [0.25, 0.3) is 0 Å². The van der Waals surface area contributed by atoms with Crippen LogP contribution in [0.2, 0.25) is 0 Å². The van der Waals surface area contributed by atoms with Gasteiger partial charge in [0.15, 0.2) is 0 Å². The number of carbonyl (C=O) groups is 2. The average molecular weight is 396 g/mol. The average Bonchev–Trinajstić information content (AvgIpc) is 2.70. The Hall–Kier alpha value is -2.66. The summed E-state index contributed by atoms with van der Waals surface area (Å²) in [6.07, 6.45) is 1.25. The molecule has 156 valence electrons. The Labute approximate surface area is 174 Å². The van der Waals surface area contributed by atoms with E-state index in [0.29, 0.717) is 13.0 Å². The van der Waals surface area contributed by atoms with Gasteiger partial charge in [-0.2, -0.15) is 0 Å². The summed E-state index contributed by atoms with van der Waals surface area (Å²) in [5.41, 5.74) is 2.07. The van der Waals surface area contributed by atoms with Crippen molar-refractivity contribution < 1.29 is 9.59 Å².